The summed E-state index contributed by atoms with van der Waals surface area (Å²) in [6.07, 6.45) is 4.16. The van der Waals surface area contributed by atoms with E-state index in [-0.39, 0.29) is 5.91 Å². The van der Waals surface area contributed by atoms with E-state index in [9.17, 15) is 4.79 Å². The lowest BCUT2D eigenvalue weighted by Crippen LogP contribution is -2.32. The molecule has 1 aromatic heterocycles. The van der Waals surface area contributed by atoms with E-state index in [0.717, 1.165) is 31.7 Å². The van der Waals surface area contributed by atoms with Gasteiger partial charge in [0.2, 0.25) is 5.91 Å². The Morgan fingerprint density at radius 2 is 1.71 bits per heavy atom. The number of benzene rings is 1. The van der Waals surface area contributed by atoms with E-state index in [1.54, 1.807) is 12.4 Å². The molecule has 0 saturated carbocycles. The second-order valence-corrected chi connectivity index (χ2v) is 6.62. The van der Waals surface area contributed by atoms with Crippen LogP contribution in [0.1, 0.15) is 28.7 Å². The summed E-state index contributed by atoms with van der Waals surface area (Å²) in [6.45, 7) is 8.42. The lowest BCUT2D eigenvalue weighted by molar-refractivity contribution is -0.130. The third-order valence-electron chi connectivity index (χ3n) is 4.78. The normalized spacial score (nSPS) is 16.2. The van der Waals surface area contributed by atoms with Crippen molar-refractivity contribution in [3.63, 3.8) is 0 Å². The maximum atomic E-state index is 12.4. The van der Waals surface area contributed by atoms with Crippen LogP contribution < -0.4 is 0 Å². The quantitative estimate of drug-likeness (QED) is 0.868. The highest BCUT2D eigenvalue weighted by Gasteiger charge is 2.21. The molecule has 2 aromatic rings. The van der Waals surface area contributed by atoms with Crippen molar-refractivity contribution in [1.29, 1.82) is 0 Å². The number of hydrogen-bond acceptors (Lipinski definition) is 3. The number of carbonyl (C=O) groups is 1. The van der Waals surface area contributed by atoms with Gasteiger partial charge in [-0.15, -0.1) is 0 Å². The van der Waals surface area contributed by atoms with Gasteiger partial charge in [0.25, 0.3) is 0 Å². The molecule has 1 aromatic carbocycles. The predicted octanol–water partition coefficient (Wildman–Crippen LogP) is 2.93. The summed E-state index contributed by atoms with van der Waals surface area (Å²) in [5.41, 5.74) is 5.13. The molecule has 1 aliphatic heterocycles. The first kappa shape index (κ1) is 16.7. The molecule has 0 spiro atoms. The Bertz CT molecular complexity index is 699. The monoisotopic (exact) mass is 323 g/mol. The van der Waals surface area contributed by atoms with Crippen molar-refractivity contribution in [3.8, 4) is 0 Å². The minimum Gasteiger partial charge on any atom is -0.337 e. The molecule has 3 rings (SSSR count). The molecular formula is C20H25N3O. The maximum Gasteiger partial charge on any atom is 0.224 e. The zero-order valence-electron chi connectivity index (χ0n) is 14.5. The van der Waals surface area contributed by atoms with Crippen LogP contribution in [-0.4, -0.2) is 40.3 Å². The Morgan fingerprint density at radius 3 is 2.46 bits per heavy atom. The van der Waals surface area contributed by atoms with E-state index in [0.29, 0.717) is 13.0 Å². The largest absolute Gasteiger partial charge is 0.337 e. The van der Waals surface area contributed by atoms with Gasteiger partial charge in [0, 0.05) is 51.5 Å². The zero-order valence-corrected chi connectivity index (χ0v) is 14.5. The van der Waals surface area contributed by atoms with E-state index >= 15 is 0 Å². The number of aromatic nitrogens is 1. The van der Waals surface area contributed by atoms with Gasteiger partial charge in [-0.25, -0.2) is 0 Å². The van der Waals surface area contributed by atoms with Gasteiger partial charge >= 0.3 is 0 Å². The Kier molecular flexibility index (Phi) is 5.26. The number of nitrogens with zero attached hydrogens (tertiary/aromatic N) is 3. The van der Waals surface area contributed by atoms with E-state index < -0.39 is 0 Å². The molecule has 2 heterocycles. The molecule has 1 aliphatic rings. The first-order valence-corrected chi connectivity index (χ1v) is 8.57. The van der Waals surface area contributed by atoms with Gasteiger partial charge in [-0.1, -0.05) is 18.2 Å². The summed E-state index contributed by atoms with van der Waals surface area (Å²) in [5.74, 6) is 0.245. The van der Waals surface area contributed by atoms with Crippen molar-refractivity contribution in [1.82, 2.24) is 14.8 Å². The fourth-order valence-electron chi connectivity index (χ4n) is 3.10. The molecule has 4 heteroatoms. The van der Waals surface area contributed by atoms with Crippen LogP contribution in [0.4, 0.5) is 0 Å². The highest BCUT2D eigenvalue weighted by molar-refractivity contribution is 5.76. The van der Waals surface area contributed by atoms with Gasteiger partial charge < -0.3 is 4.90 Å². The van der Waals surface area contributed by atoms with Crippen molar-refractivity contribution in [3.05, 3.63) is 65.0 Å². The van der Waals surface area contributed by atoms with Gasteiger partial charge in [0.1, 0.15) is 0 Å². The standard InChI is InChI=1S/C20H25N3O/c1-16-3-4-19(13-17(16)2)14-22-10-7-20(24)23(12-11-22)15-18-5-8-21-9-6-18/h3-6,8-9,13H,7,10-12,14-15H2,1-2H3. The summed E-state index contributed by atoms with van der Waals surface area (Å²) in [5, 5.41) is 0. The molecular weight excluding hydrogens is 298 g/mol. The second-order valence-electron chi connectivity index (χ2n) is 6.62. The minimum absolute atomic E-state index is 0.245. The van der Waals surface area contributed by atoms with Gasteiger partial charge in [-0.2, -0.15) is 0 Å². The third kappa shape index (κ3) is 4.20. The Hall–Kier alpha value is -2.20. The number of pyridine rings is 1. The number of rotatable bonds is 4. The molecule has 0 aliphatic carbocycles. The lowest BCUT2D eigenvalue weighted by atomic mass is 10.1. The second kappa shape index (κ2) is 7.58. The molecule has 0 bridgehead atoms. The number of amides is 1. The molecule has 0 N–H and O–H groups in total. The summed E-state index contributed by atoms with van der Waals surface area (Å²) in [6, 6.07) is 10.6. The summed E-state index contributed by atoms with van der Waals surface area (Å²) in [7, 11) is 0. The van der Waals surface area contributed by atoms with Crippen LogP contribution in [0.5, 0.6) is 0 Å². The van der Waals surface area contributed by atoms with Crippen LogP contribution in [-0.2, 0) is 17.9 Å². The van der Waals surface area contributed by atoms with Crippen molar-refractivity contribution >= 4 is 5.91 Å². The number of hydrogen-bond donors (Lipinski definition) is 0. The Labute approximate surface area is 144 Å². The minimum atomic E-state index is 0.245. The summed E-state index contributed by atoms with van der Waals surface area (Å²) < 4.78 is 0. The topological polar surface area (TPSA) is 36.4 Å². The van der Waals surface area contributed by atoms with Crippen LogP contribution in [0.15, 0.2) is 42.7 Å². The number of aryl methyl sites for hydroxylation is 2. The third-order valence-corrected chi connectivity index (χ3v) is 4.78. The van der Waals surface area contributed by atoms with Crippen molar-refractivity contribution in [2.45, 2.75) is 33.4 Å². The van der Waals surface area contributed by atoms with E-state index in [4.69, 9.17) is 0 Å². The first-order chi connectivity index (χ1) is 11.6. The van der Waals surface area contributed by atoms with E-state index in [1.807, 2.05) is 17.0 Å². The van der Waals surface area contributed by atoms with Crippen LogP contribution in [0.2, 0.25) is 0 Å². The maximum absolute atomic E-state index is 12.4. The highest BCUT2D eigenvalue weighted by atomic mass is 16.2. The zero-order chi connectivity index (χ0) is 16.9. The van der Waals surface area contributed by atoms with E-state index in [1.165, 1.54) is 16.7 Å². The first-order valence-electron chi connectivity index (χ1n) is 8.57. The molecule has 1 saturated heterocycles. The van der Waals surface area contributed by atoms with Crippen LogP contribution in [0, 0.1) is 13.8 Å². The van der Waals surface area contributed by atoms with Gasteiger partial charge in [0.15, 0.2) is 0 Å². The Morgan fingerprint density at radius 1 is 0.917 bits per heavy atom. The predicted molar refractivity (Wildman–Crippen MR) is 95.5 cm³/mol. The molecule has 1 fully saturated rings. The molecule has 0 unspecified atom stereocenters. The van der Waals surface area contributed by atoms with Crippen molar-refractivity contribution < 1.29 is 4.79 Å². The molecule has 1 amide bonds. The van der Waals surface area contributed by atoms with Crippen molar-refractivity contribution in [2.24, 2.45) is 0 Å². The van der Waals surface area contributed by atoms with Gasteiger partial charge in [0.05, 0.1) is 0 Å². The molecule has 126 valence electrons. The molecule has 4 nitrogen and oxygen atoms in total. The lowest BCUT2D eigenvalue weighted by Gasteiger charge is -2.22. The van der Waals surface area contributed by atoms with Crippen molar-refractivity contribution in [2.75, 3.05) is 19.6 Å². The SMILES string of the molecule is Cc1ccc(CN2CCC(=O)N(Cc3ccncc3)CC2)cc1C. The van der Waals surface area contributed by atoms with Gasteiger partial charge in [-0.05, 0) is 48.2 Å². The molecule has 0 radical (unpaired) electrons. The van der Waals surface area contributed by atoms with Crippen LogP contribution in [0.3, 0.4) is 0 Å². The number of carbonyl (C=O) groups excluding carboxylic acids is 1. The average Bonchev–Trinajstić information content (AvgIpc) is 2.75. The summed E-state index contributed by atoms with van der Waals surface area (Å²) in [4.78, 5) is 20.8. The highest BCUT2D eigenvalue weighted by Crippen LogP contribution is 2.15. The van der Waals surface area contributed by atoms with E-state index in [2.05, 4.69) is 41.9 Å². The Balaban J connectivity index is 1.61. The fourth-order valence-corrected chi connectivity index (χ4v) is 3.10. The van der Waals surface area contributed by atoms with Gasteiger partial charge in [-0.3, -0.25) is 14.7 Å². The molecule has 0 atom stereocenters. The van der Waals surface area contributed by atoms with Crippen LogP contribution >= 0.6 is 0 Å². The summed E-state index contributed by atoms with van der Waals surface area (Å²) >= 11 is 0. The fraction of sp³-hybridized carbons (Fsp3) is 0.400. The molecule has 24 heavy (non-hydrogen) atoms. The van der Waals surface area contributed by atoms with Crippen LogP contribution in [0.25, 0.3) is 0 Å². The smallest absolute Gasteiger partial charge is 0.224 e. The average molecular weight is 323 g/mol.